The second kappa shape index (κ2) is 9.65. The molecule has 2 aromatic carbocycles. The van der Waals surface area contributed by atoms with Crippen LogP contribution >= 0.6 is 22.9 Å². The second-order valence-electron chi connectivity index (χ2n) is 8.59. The third-order valence-corrected chi connectivity index (χ3v) is 9.03. The Labute approximate surface area is 208 Å². The molecular formula is C24H25ClN4O3S2. The number of aromatic nitrogens is 1. The van der Waals surface area contributed by atoms with Crippen LogP contribution in [0.3, 0.4) is 0 Å². The number of hydrogen-bond donors (Lipinski definition) is 1. The molecule has 0 radical (unpaired) electrons. The molecule has 1 aromatic heterocycles. The minimum atomic E-state index is -3.72. The van der Waals surface area contributed by atoms with E-state index in [0.29, 0.717) is 17.6 Å². The number of thiazole rings is 1. The zero-order chi connectivity index (χ0) is 23.7. The molecule has 0 saturated carbocycles. The summed E-state index contributed by atoms with van der Waals surface area (Å²) in [5.41, 5.74) is 2.03. The van der Waals surface area contributed by atoms with Crippen LogP contribution in [0.1, 0.15) is 30.7 Å². The number of nitrogens with zero attached hydrogens (tertiary/aromatic N) is 3. The normalized spacial score (nSPS) is 20.1. The monoisotopic (exact) mass is 516 g/mol. The van der Waals surface area contributed by atoms with Crippen molar-refractivity contribution in [1.82, 2.24) is 9.88 Å². The van der Waals surface area contributed by atoms with E-state index < -0.39 is 10.0 Å². The Kier molecular flexibility index (Phi) is 6.61. The van der Waals surface area contributed by atoms with Gasteiger partial charge in [0.25, 0.3) is 10.0 Å². The summed E-state index contributed by atoms with van der Waals surface area (Å²) < 4.78 is 27.6. The summed E-state index contributed by atoms with van der Waals surface area (Å²) in [6.45, 7) is 2.40. The molecule has 5 rings (SSSR count). The Morgan fingerprint density at radius 2 is 1.68 bits per heavy atom. The van der Waals surface area contributed by atoms with Crippen molar-refractivity contribution in [2.75, 3.05) is 29.3 Å². The van der Waals surface area contributed by atoms with Gasteiger partial charge in [0.2, 0.25) is 5.91 Å². The van der Waals surface area contributed by atoms with Crippen LogP contribution in [0.25, 0.3) is 0 Å². The van der Waals surface area contributed by atoms with Crippen molar-refractivity contribution in [3.05, 3.63) is 70.7 Å². The minimum Gasteiger partial charge on any atom is -0.311 e. The van der Waals surface area contributed by atoms with Crippen molar-refractivity contribution in [1.29, 1.82) is 0 Å². The minimum absolute atomic E-state index is 0.0847. The number of amides is 1. The summed E-state index contributed by atoms with van der Waals surface area (Å²) in [5, 5.41) is 2.77. The van der Waals surface area contributed by atoms with Gasteiger partial charge in [-0.3, -0.25) is 14.4 Å². The lowest BCUT2D eigenvalue weighted by molar-refractivity contribution is -0.122. The van der Waals surface area contributed by atoms with E-state index in [-0.39, 0.29) is 16.8 Å². The highest BCUT2D eigenvalue weighted by molar-refractivity contribution is 7.93. The SMILES string of the molecule is O=C1[C@@H](N2CCC(c3ccc(Cl)cc3)CC2)CCN1c1ccc(S(=O)(=O)Nc2nccs2)cc1. The van der Waals surface area contributed by atoms with Gasteiger partial charge in [0.05, 0.1) is 10.9 Å². The first-order valence-corrected chi connectivity index (χ1v) is 14.0. The summed E-state index contributed by atoms with van der Waals surface area (Å²) in [6, 6.07) is 14.4. The van der Waals surface area contributed by atoms with Crippen LogP contribution in [0, 0.1) is 0 Å². The predicted octanol–water partition coefficient (Wildman–Crippen LogP) is 4.58. The van der Waals surface area contributed by atoms with Gasteiger partial charge >= 0.3 is 0 Å². The van der Waals surface area contributed by atoms with Crippen molar-refractivity contribution in [3.63, 3.8) is 0 Å². The summed E-state index contributed by atoms with van der Waals surface area (Å²) in [7, 11) is -3.72. The van der Waals surface area contributed by atoms with Crippen molar-refractivity contribution in [3.8, 4) is 0 Å². The van der Waals surface area contributed by atoms with Gasteiger partial charge in [0.1, 0.15) is 0 Å². The van der Waals surface area contributed by atoms with Gasteiger partial charge in [-0.15, -0.1) is 11.3 Å². The third-order valence-electron chi connectivity index (χ3n) is 6.60. The van der Waals surface area contributed by atoms with Gasteiger partial charge in [0.15, 0.2) is 5.13 Å². The fourth-order valence-corrected chi connectivity index (χ4v) is 6.71. The van der Waals surface area contributed by atoms with Crippen LogP contribution in [-0.4, -0.2) is 49.9 Å². The zero-order valence-electron chi connectivity index (χ0n) is 18.4. The second-order valence-corrected chi connectivity index (χ2v) is 11.6. The number of hydrogen-bond acceptors (Lipinski definition) is 6. The highest BCUT2D eigenvalue weighted by Gasteiger charge is 2.38. The maximum atomic E-state index is 13.2. The number of carbonyl (C=O) groups excluding carboxylic acids is 1. The molecule has 2 aliphatic heterocycles. The van der Waals surface area contributed by atoms with Crippen molar-refractivity contribution in [2.24, 2.45) is 0 Å². The average Bonchev–Trinajstić information content (AvgIpc) is 3.49. The smallest absolute Gasteiger partial charge is 0.263 e. The number of nitrogens with one attached hydrogen (secondary N) is 1. The van der Waals surface area contributed by atoms with Gasteiger partial charge in [-0.1, -0.05) is 23.7 Å². The molecule has 3 heterocycles. The predicted molar refractivity (Wildman–Crippen MR) is 135 cm³/mol. The standard InChI is InChI=1S/C24H25ClN4O3S2/c25-19-3-1-17(2-4-19)18-9-13-28(14-10-18)22-11-15-29(23(22)30)20-5-7-21(8-6-20)34(31,32)27-24-26-12-16-33-24/h1-8,12,16,18,22H,9-11,13-15H2,(H,26,27)/t22-/m0/s1. The van der Waals surface area contributed by atoms with E-state index >= 15 is 0 Å². The highest BCUT2D eigenvalue weighted by Crippen LogP contribution is 2.33. The Morgan fingerprint density at radius 3 is 2.32 bits per heavy atom. The summed E-state index contributed by atoms with van der Waals surface area (Å²) in [6.07, 6.45) is 4.35. The molecule has 1 N–H and O–H groups in total. The number of rotatable bonds is 6. The molecular weight excluding hydrogens is 492 g/mol. The first-order valence-electron chi connectivity index (χ1n) is 11.2. The van der Waals surface area contributed by atoms with Crippen LogP contribution in [0.5, 0.6) is 0 Å². The largest absolute Gasteiger partial charge is 0.311 e. The lowest BCUT2D eigenvalue weighted by atomic mass is 9.89. The molecule has 0 bridgehead atoms. The molecule has 3 aromatic rings. The fraction of sp³-hybridized carbons (Fsp3) is 0.333. The quantitative estimate of drug-likeness (QED) is 0.518. The number of sulfonamides is 1. The molecule has 2 saturated heterocycles. The van der Waals surface area contributed by atoms with E-state index in [1.54, 1.807) is 28.6 Å². The van der Waals surface area contributed by atoms with E-state index in [1.807, 2.05) is 12.1 Å². The molecule has 178 valence electrons. The summed E-state index contributed by atoms with van der Waals surface area (Å²) in [5.74, 6) is 0.579. The summed E-state index contributed by atoms with van der Waals surface area (Å²) >= 11 is 7.23. The van der Waals surface area contributed by atoms with E-state index in [4.69, 9.17) is 11.6 Å². The van der Waals surface area contributed by atoms with E-state index in [2.05, 4.69) is 26.7 Å². The Hall–Kier alpha value is -2.46. The van der Waals surface area contributed by atoms with Crippen LogP contribution in [0.15, 0.2) is 65.0 Å². The van der Waals surface area contributed by atoms with Gasteiger partial charge in [0, 0.05) is 28.8 Å². The van der Waals surface area contributed by atoms with Crippen molar-refractivity contribution < 1.29 is 13.2 Å². The van der Waals surface area contributed by atoms with Gasteiger partial charge in [-0.05, 0) is 80.2 Å². The topological polar surface area (TPSA) is 82.6 Å². The number of likely N-dealkylation sites (tertiary alicyclic amines) is 1. The molecule has 2 aliphatic rings. The highest BCUT2D eigenvalue weighted by atomic mass is 35.5. The van der Waals surface area contributed by atoms with Gasteiger partial charge in [-0.2, -0.15) is 0 Å². The van der Waals surface area contributed by atoms with Gasteiger partial charge < -0.3 is 4.90 Å². The van der Waals surface area contributed by atoms with Gasteiger partial charge in [-0.25, -0.2) is 13.4 Å². The number of benzene rings is 2. The Balaban J connectivity index is 1.21. The number of piperidine rings is 1. The number of carbonyl (C=O) groups is 1. The van der Waals surface area contributed by atoms with E-state index in [1.165, 1.54) is 29.0 Å². The van der Waals surface area contributed by atoms with E-state index in [9.17, 15) is 13.2 Å². The average molecular weight is 517 g/mol. The first kappa shape index (κ1) is 23.3. The van der Waals surface area contributed by atoms with Crippen molar-refractivity contribution >= 4 is 49.7 Å². The van der Waals surface area contributed by atoms with Crippen LogP contribution < -0.4 is 9.62 Å². The molecule has 0 aliphatic carbocycles. The molecule has 0 spiro atoms. The fourth-order valence-electron chi connectivity index (χ4n) is 4.79. The molecule has 10 heteroatoms. The molecule has 34 heavy (non-hydrogen) atoms. The summed E-state index contributed by atoms with van der Waals surface area (Å²) in [4.78, 5) is 21.4. The molecule has 2 fully saturated rings. The lowest BCUT2D eigenvalue weighted by Crippen LogP contribution is -2.45. The zero-order valence-corrected chi connectivity index (χ0v) is 20.8. The third kappa shape index (κ3) is 4.84. The lowest BCUT2D eigenvalue weighted by Gasteiger charge is -2.35. The molecule has 0 unspecified atom stereocenters. The van der Waals surface area contributed by atoms with E-state index in [0.717, 1.165) is 43.1 Å². The molecule has 1 amide bonds. The Bertz CT molecular complexity index is 1240. The maximum absolute atomic E-state index is 13.2. The molecule has 7 nitrogen and oxygen atoms in total. The maximum Gasteiger partial charge on any atom is 0.263 e. The Morgan fingerprint density at radius 1 is 0.971 bits per heavy atom. The van der Waals surface area contributed by atoms with Crippen LogP contribution in [0.2, 0.25) is 5.02 Å². The first-order chi connectivity index (χ1) is 16.4. The molecule has 1 atom stereocenters. The van der Waals surface area contributed by atoms with Crippen LogP contribution in [-0.2, 0) is 14.8 Å². The number of anilines is 2. The van der Waals surface area contributed by atoms with Crippen LogP contribution in [0.4, 0.5) is 10.8 Å². The number of halogens is 1. The van der Waals surface area contributed by atoms with Crippen molar-refractivity contribution in [2.45, 2.75) is 36.1 Å².